The van der Waals surface area contributed by atoms with E-state index >= 15 is 0 Å². The first-order valence-corrected chi connectivity index (χ1v) is 6.56. The molecule has 0 spiro atoms. The first-order valence-electron chi connectivity index (χ1n) is 5.77. The highest BCUT2D eigenvalue weighted by Crippen LogP contribution is 2.36. The number of para-hydroxylation sites is 1. The van der Waals surface area contributed by atoms with Crippen LogP contribution >= 0.6 is 15.9 Å². The zero-order valence-corrected chi connectivity index (χ0v) is 12.6. The first kappa shape index (κ1) is 16.4. The van der Waals surface area contributed by atoms with Gasteiger partial charge in [-0.2, -0.15) is 0 Å². The summed E-state index contributed by atoms with van der Waals surface area (Å²) in [6.45, 7) is 2.97. The summed E-state index contributed by atoms with van der Waals surface area (Å²) in [4.78, 5) is 21.3. The Balaban J connectivity index is 2.94. The van der Waals surface area contributed by atoms with Gasteiger partial charge in [-0.15, -0.1) is 0 Å². The van der Waals surface area contributed by atoms with Crippen LogP contribution in [0, 0.1) is 10.1 Å². The molecule has 20 heavy (non-hydrogen) atoms. The fourth-order valence-electron chi connectivity index (χ4n) is 1.69. The summed E-state index contributed by atoms with van der Waals surface area (Å²) in [5.74, 6) is -1.10. The van der Waals surface area contributed by atoms with Gasteiger partial charge >= 0.3 is 11.7 Å². The molecule has 0 saturated heterocycles. The summed E-state index contributed by atoms with van der Waals surface area (Å²) in [5, 5.41) is 19.9. The molecule has 0 radical (unpaired) electrons. The second-order valence-electron chi connectivity index (χ2n) is 4.70. The first-order chi connectivity index (χ1) is 9.15. The average molecular weight is 347 g/mol. The molecule has 8 heteroatoms. The topological polar surface area (TPSA) is 116 Å². The number of nitrogens with zero attached hydrogens (tertiary/aromatic N) is 1. The minimum Gasteiger partial charge on any atom is -0.483 e. The fourth-order valence-corrected chi connectivity index (χ4v) is 2.13. The number of carbonyl (C=O) groups is 1. The SMILES string of the molecule is CC(CC(C)(N)C(=O)O)Oc1c(Br)cccc1[N+](=O)[O-]. The lowest BCUT2D eigenvalue weighted by Gasteiger charge is -2.24. The molecule has 0 bridgehead atoms. The van der Waals surface area contributed by atoms with Crippen LogP contribution in [0.4, 0.5) is 5.69 Å². The van der Waals surface area contributed by atoms with E-state index in [0.717, 1.165) is 0 Å². The van der Waals surface area contributed by atoms with Gasteiger partial charge in [0.1, 0.15) is 5.54 Å². The van der Waals surface area contributed by atoms with E-state index < -0.39 is 22.5 Å². The molecule has 0 aliphatic rings. The Bertz CT molecular complexity index is 533. The molecule has 1 aromatic carbocycles. The van der Waals surface area contributed by atoms with Crippen molar-refractivity contribution in [2.45, 2.75) is 31.9 Å². The van der Waals surface area contributed by atoms with Crippen LogP contribution < -0.4 is 10.5 Å². The molecule has 7 nitrogen and oxygen atoms in total. The second kappa shape index (κ2) is 6.19. The number of hydrogen-bond donors (Lipinski definition) is 2. The lowest BCUT2D eigenvalue weighted by atomic mass is 9.96. The van der Waals surface area contributed by atoms with E-state index in [1.165, 1.54) is 19.1 Å². The van der Waals surface area contributed by atoms with Crippen LogP contribution in [0.5, 0.6) is 5.75 Å². The second-order valence-corrected chi connectivity index (χ2v) is 5.55. The van der Waals surface area contributed by atoms with Gasteiger partial charge in [0.2, 0.25) is 5.75 Å². The van der Waals surface area contributed by atoms with Crippen LogP contribution in [0.2, 0.25) is 0 Å². The lowest BCUT2D eigenvalue weighted by molar-refractivity contribution is -0.386. The lowest BCUT2D eigenvalue weighted by Crippen LogP contribution is -2.47. The van der Waals surface area contributed by atoms with Crippen molar-refractivity contribution in [3.05, 3.63) is 32.8 Å². The van der Waals surface area contributed by atoms with Gasteiger partial charge in [0.05, 0.1) is 15.5 Å². The van der Waals surface area contributed by atoms with E-state index in [0.29, 0.717) is 4.47 Å². The van der Waals surface area contributed by atoms with Crippen LogP contribution in [0.3, 0.4) is 0 Å². The van der Waals surface area contributed by atoms with Crippen LogP contribution in [0.1, 0.15) is 20.3 Å². The van der Waals surface area contributed by atoms with Crippen molar-refractivity contribution in [1.29, 1.82) is 0 Å². The van der Waals surface area contributed by atoms with Crippen LogP contribution in [0.25, 0.3) is 0 Å². The van der Waals surface area contributed by atoms with E-state index in [1.54, 1.807) is 13.0 Å². The summed E-state index contributed by atoms with van der Waals surface area (Å²) in [6.07, 6.45) is -0.584. The van der Waals surface area contributed by atoms with Crippen LogP contribution in [0.15, 0.2) is 22.7 Å². The van der Waals surface area contributed by atoms with Gasteiger partial charge < -0.3 is 15.6 Å². The highest BCUT2D eigenvalue weighted by molar-refractivity contribution is 9.10. The normalized spacial score (nSPS) is 15.2. The summed E-state index contributed by atoms with van der Waals surface area (Å²) in [6, 6.07) is 4.43. The number of carboxylic acids is 1. The predicted octanol–water partition coefficient (Wildman–Crippen LogP) is 2.32. The van der Waals surface area contributed by atoms with Crippen molar-refractivity contribution in [2.75, 3.05) is 0 Å². The molecule has 0 aliphatic carbocycles. The maximum absolute atomic E-state index is 11.0. The van der Waals surface area contributed by atoms with E-state index in [1.807, 2.05) is 0 Å². The van der Waals surface area contributed by atoms with Crippen molar-refractivity contribution in [1.82, 2.24) is 0 Å². The maximum atomic E-state index is 11.0. The van der Waals surface area contributed by atoms with Crippen molar-refractivity contribution >= 4 is 27.6 Å². The van der Waals surface area contributed by atoms with Crippen molar-refractivity contribution in [3.8, 4) is 5.75 Å². The molecule has 0 aromatic heterocycles. The molecule has 2 unspecified atom stereocenters. The van der Waals surface area contributed by atoms with Gasteiger partial charge in [0, 0.05) is 12.5 Å². The largest absolute Gasteiger partial charge is 0.483 e. The fraction of sp³-hybridized carbons (Fsp3) is 0.417. The molecule has 0 amide bonds. The van der Waals surface area contributed by atoms with Crippen LogP contribution in [-0.4, -0.2) is 27.6 Å². The van der Waals surface area contributed by atoms with Gasteiger partial charge in [0.15, 0.2) is 0 Å². The predicted molar refractivity (Wildman–Crippen MR) is 75.7 cm³/mol. The van der Waals surface area contributed by atoms with E-state index in [-0.39, 0.29) is 17.9 Å². The Kier molecular flexibility index (Phi) is 5.07. The minimum atomic E-state index is -1.46. The molecular formula is C12H15BrN2O5. The average Bonchev–Trinajstić information content (AvgIpc) is 2.30. The summed E-state index contributed by atoms with van der Waals surface area (Å²) < 4.78 is 5.92. The molecule has 0 fully saturated rings. The van der Waals surface area contributed by atoms with Crippen molar-refractivity contribution < 1.29 is 19.6 Å². The van der Waals surface area contributed by atoms with Gasteiger partial charge in [-0.05, 0) is 35.8 Å². The molecule has 1 aromatic rings. The molecule has 0 aliphatic heterocycles. The highest BCUT2D eigenvalue weighted by atomic mass is 79.9. The van der Waals surface area contributed by atoms with E-state index in [2.05, 4.69) is 15.9 Å². The molecular weight excluding hydrogens is 332 g/mol. The van der Waals surface area contributed by atoms with Gasteiger partial charge in [0.25, 0.3) is 0 Å². The Hall–Kier alpha value is -1.67. The Morgan fingerprint density at radius 3 is 2.75 bits per heavy atom. The Morgan fingerprint density at radius 1 is 1.65 bits per heavy atom. The van der Waals surface area contributed by atoms with Gasteiger partial charge in [-0.25, -0.2) is 0 Å². The van der Waals surface area contributed by atoms with Crippen molar-refractivity contribution in [2.24, 2.45) is 5.73 Å². The third-order valence-electron chi connectivity index (χ3n) is 2.66. The number of nitro benzene ring substituents is 1. The van der Waals surface area contributed by atoms with Crippen LogP contribution in [-0.2, 0) is 4.79 Å². The van der Waals surface area contributed by atoms with E-state index in [9.17, 15) is 14.9 Å². The maximum Gasteiger partial charge on any atom is 0.323 e. The molecule has 0 saturated carbocycles. The number of rotatable bonds is 6. The zero-order valence-electron chi connectivity index (χ0n) is 11.0. The van der Waals surface area contributed by atoms with Gasteiger partial charge in [-0.1, -0.05) is 6.07 Å². The number of aliphatic carboxylic acids is 1. The minimum absolute atomic E-state index is 0.0147. The Morgan fingerprint density at radius 2 is 2.25 bits per heavy atom. The highest BCUT2D eigenvalue weighted by Gasteiger charge is 2.31. The quantitative estimate of drug-likeness (QED) is 0.603. The number of carboxylic acid groups (broad SMARTS) is 1. The smallest absolute Gasteiger partial charge is 0.323 e. The third kappa shape index (κ3) is 3.91. The summed E-state index contributed by atoms with van der Waals surface area (Å²) >= 11 is 3.18. The van der Waals surface area contributed by atoms with Crippen molar-refractivity contribution in [3.63, 3.8) is 0 Å². The number of halogens is 1. The molecule has 2 atom stereocenters. The molecule has 0 heterocycles. The molecule has 110 valence electrons. The number of benzene rings is 1. The van der Waals surface area contributed by atoms with E-state index in [4.69, 9.17) is 15.6 Å². The summed E-state index contributed by atoms with van der Waals surface area (Å²) in [7, 11) is 0. The monoisotopic (exact) mass is 346 g/mol. The standard InChI is InChI=1S/C12H15BrN2O5/c1-7(6-12(2,14)11(16)17)20-10-8(13)4-3-5-9(10)15(18)19/h3-5,7H,6,14H2,1-2H3,(H,16,17). The number of ether oxygens (including phenoxy) is 1. The molecule has 1 rings (SSSR count). The summed E-state index contributed by atoms with van der Waals surface area (Å²) in [5.41, 5.74) is 3.97. The van der Waals surface area contributed by atoms with Gasteiger partial charge in [-0.3, -0.25) is 14.9 Å². The third-order valence-corrected chi connectivity index (χ3v) is 3.29. The number of hydrogen-bond acceptors (Lipinski definition) is 5. The zero-order chi connectivity index (χ0) is 15.5. The Labute approximate surface area is 124 Å². The number of nitro groups is 1. The molecule has 3 N–H and O–H groups in total. The number of nitrogens with two attached hydrogens (primary N) is 1.